The van der Waals surface area contributed by atoms with Crippen LogP contribution in [0.1, 0.15) is 22.4 Å². The summed E-state index contributed by atoms with van der Waals surface area (Å²) in [7, 11) is 0. The van der Waals surface area contributed by atoms with E-state index in [1.165, 1.54) is 3.57 Å². The first-order valence-corrected chi connectivity index (χ1v) is 13.0. The van der Waals surface area contributed by atoms with E-state index in [1.807, 2.05) is 19.2 Å². The Kier molecular flexibility index (Phi) is 5.89. The Balaban J connectivity index is 1.80. The van der Waals surface area contributed by atoms with E-state index in [9.17, 15) is 0 Å². The van der Waals surface area contributed by atoms with E-state index in [4.69, 9.17) is 5.10 Å². The minimum absolute atomic E-state index is 0.671. The lowest BCUT2D eigenvalue weighted by molar-refractivity contribution is 0.477. The molecule has 3 nitrogen and oxygen atoms in total. The Morgan fingerprint density at radius 3 is 1.75 bits per heavy atom. The molecule has 0 fully saturated rings. The zero-order valence-corrected chi connectivity index (χ0v) is 22.0. The topological polar surface area (TPSA) is 30.7 Å². The van der Waals surface area contributed by atoms with Crippen LogP contribution in [-0.2, 0) is 5.54 Å². The van der Waals surface area contributed by atoms with Gasteiger partial charge in [-0.3, -0.25) is 4.98 Å². The van der Waals surface area contributed by atoms with E-state index in [-0.39, 0.29) is 0 Å². The molecule has 6 aromatic rings. The van der Waals surface area contributed by atoms with Gasteiger partial charge in [-0.2, -0.15) is 5.10 Å². The zero-order valence-electron chi connectivity index (χ0n) is 19.8. The highest BCUT2D eigenvalue weighted by Crippen LogP contribution is 2.44. The summed E-state index contributed by atoms with van der Waals surface area (Å²) in [6, 6.07) is 42.8. The van der Waals surface area contributed by atoms with Gasteiger partial charge in [0.2, 0.25) is 0 Å². The van der Waals surface area contributed by atoms with Gasteiger partial charge >= 0.3 is 0 Å². The number of nitrogens with zero attached hydrogens (tertiary/aromatic N) is 3. The quantitative estimate of drug-likeness (QED) is 0.154. The maximum atomic E-state index is 5.43. The van der Waals surface area contributed by atoms with Crippen LogP contribution < -0.4 is 0 Å². The van der Waals surface area contributed by atoms with Gasteiger partial charge in [0.1, 0.15) is 11.2 Å². The van der Waals surface area contributed by atoms with Gasteiger partial charge in [-0.15, -0.1) is 0 Å². The number of pyridine rings is 1. The molecule has 0 atom stereocenters. The van der Waals surface area contributed by atoms with Gasteiger partial charge in [0.05, 0.1) is 5.52 Å². The molecule has 0 amide bonds. The predicted molar refractivity (Wildman–Crippen MR) is 155 cm³/mol. The lowest BCUT2D eigenvalue weighted by Gasteiger charge is -2.37. The molecule has 0 bridgehead atoms. The summed E-state index contributed by atoms with van der Waals surface area (Å²) < 4.78 is 3.40. The molecular formula is C32H24IN3. The van der Waals surface area contributed by atoms with Crippen LogP contribution >= 0.6 is 22.6 Å². The molecule has 174 valence electrons. The molecule has 0 aliphatic heterocycles. The minimum atomic E-state index is -0.671. The van der Waals surface area contributed by atoms with E-state index >= 15 is 0 Å². The SMILES string of the molecule is Cc1cc(-c2nn(C(c3ccccc3)(c3ccccc3)c3ccccc3)c3ccc(I)cc23)ccn1. The van der Waals surface area contributed by atoms with Crippen molar-refractivity contribution in [3.63, 3.8) is 0 Å². The molecule has 4 heteroatoms. The molecule has 0 unspecified atom stereocenters. The van der Waals surface area contributed by atoms with Crippen molar-refractivity contribution in [3.8, 4) is 11.3 Å². The summed E-state index contributed by atoms with van der Waals surface area (Å²) in [6.07, 6.45) is 1.86. The van der Waals surface area contributed by atoms with Crippen molar-refractivity contribution in [1.29, 1.82) is 0 Å². The lowest BCUT2D eigenvalue weighted by Crippen LogP contribution is -2.38. The minimum Gasteiger partial charge on any atom is -0.262 e. The van der Waals surface area contributed by atoms with Crippen molar-refractivity contribution < 1.29 is 0 Å². The van der Waals surface area contributed by atoms with Crippen LogP contribution in [0.5, 0.6) is 0 Å². The summed E-state index contributed by atoms with van der Waals surface area (Å²) in [4.78, 5) is 4.43. The van der Waals surface area contributed by atoms with Crippen LogP contribution in [0.25, 0.3) is 22.2 Å². The zero-order chi connectivity index (χ0) is 24.5. The van der Waals surface area contributed by atoms with Crippen LogP contribution in [0.3, 0.4) is 0 Å². The summed E-state index contributed by atoms with van der Waals surface area (Å²) in [6.45, 7) is 2.02. The molecule has 4 aromatic carbocycles. The average Bonchev–Trinajstić information content (AvgIpc) is 3.30. The average molecular weight is 577 g/mol. The van der Waals surface area contributed by atoms with Crippen molar-refractivity contribution in [2.75, 3.05) is 0 Å². The van der Waals surface area contributed by atoms with Crippen LogP contribution in [0.4, 0.5) is 0 Å². The Morgan fingerprint density at radius 1 is 0.667 bits per heavy atom. The smallest absolute Gasteiger partial charge is 0.138 e. The van der Waals surface area contributed by atoms with Crippen molar-refractivity contribution in [2.24, 2.45) is 0 Å². The van der Waals surface area contributed by atoms with Gasteiger partial charge in [-0.25, -0.2) is 4.68 Å². The van der Waals surface area contributed by atoms with E-state index in [2.05, 4.69) is 148 Å². The molecule has 2 heterocycles. The number of benzene rings is 4. The molecule has 0 radical (unpaired) electrons. The molecule has 2 aromatic heterocycles. The molecule has 0 aliphatic carbocycles. The van der Waals surface area contributed by atoms with Gasteiger partial charge in [0, 0.05) is 26.4 Å². The van der Waals surface area contributed by atoms with Gasteiger partial charge in [0.25, 0.3) is 0 Å². The van der Waals surface area contributed by atoms with Gasteiger partial charge in [-0.1, -0.05) is 91.0 Å². The van der Waals surface area contributed by atoms with Gasteiger partial charge < -0.3 is 0 Å². The fourth-order valence-corrected chi connectivity index (χ4v) is 5.65. The molecule has 6 rings (SSSR count). The number of aryl methyl sites for hydroxylation is 1. The van der Waals surface area contributed by atoms with Crippen molar-refractivity contribution >= 4 is 33.5 Å². The first kappa shape index (κ1) is 22.7. The predicted octanol–water partition coefficient (Wildman–Crippen LogP) is 7.85. The fraction of sp³-hybridized carbons (Fsp3) is 0.0625. The van der Waals surface area contributed by atoms with Crippen LogP contribution in [-0.4, -0.2) is 14.8 Å². The maximum absolute atomic E-state index is 5.43. The van der Waals surface area contributed by atoms with Crippen molar-refractivity contribution in [2.45, 2.75) is 12.5 Å². The van der Waals surface area contributed by atoms with Crippen LogP contribution in [0.15, 0.2) is 128 Å². The molecule has 0 N–H and O–H groups in total. The van der Waals surface area contributed by atoms with E-state index in [1.54, 1.807) is 0 Å². The molecule has 0 saturated heterocycles. The number of hydrogen-bond acceptors (Lipinski definition) is 2. The second kappa shape index (κ2) is 9.36. The third-order valence-corrected chi connectivity index (χ3v) is 7.38. The van der Waals surface area contributed by atoms with Crippen LogP contribution in [0.2, 0.25) is 0 Å². The molecule has 0 saturated carbocycles. The molecular weight excluding hydrogens is 553 g/mol. The number of halogens is 1. The summed E-state index contributed by atoms with van der Waals surface area (Å²) in [5, 5.41) is 6.55. The number of aromatic nitrogens is 3. The highest BCUT2D eigenvalue weighted by Gasteiger charge is 2.40. The lowest BCUT2D eigenvalue weighted by atomic mass is 9.77. The van der Waals surface area contributed by atoms with E-state index in [0.29, 0.717) is 0 Å². The Bertz CT molecular complexity index is 1540. The third kappa shape index (κ3) is 3.73. The summed E-state index contributed by atoms with van der Waals surface area (Å²) in [5.74, 6) is 0. The highest BCUT2D eigenvalue weighted by atomic mass is 127. The number of hydrogen-bond donors (Lipinski definition) is 0. The monoisotopic (exact) mass is 577 g/mol. The number of rotatable bonds is 5. The first-order valence-electron chi connectivity index (χ1n) is 12.0. The van der Waals surface area contributed by atoms with Gasteiger partial charge in [0.15, 0.2) is 0 Å². The van der Waals surface area contributed by atoms with Crippen molar-refractivity contribution in [1.82, 2.24) is 14.8 Å². The maximum Gasteiger partial charge on any atom is 0.138 e. The standard InChI is InChI=1S/C32H24IN3/c1-23-21-24(19-20-34-23)31-29-22-28(33)17-18-30(29)36(35-31)32(25-11-5-2-6-12-25,26-13-7-3-8-14-26)27-15-9-4-10-16-27/h2-22H,1H3. The first-order chi connectivity index (χ1) is 17.7. The Labute approximate surface area is 224 Å². The second-order valence-corrected chi connectivity index (χ2v) is 10.2. The second-order valence-electron chi connectivity index (χ2n) is 8.92. The van der Waals surface area contributed by atoms with Gasteiger partial charge in [-0.05, 0) is 76.5 Å². The van der Waals surface area contributed by atoms with Crippen molar-refractivity contribution in [3.05, 3.63) is 153 Å². The Hall–Kier alpha value is -3.77. The largest absolute Gasteiger partial charge is 0.262 e. The van der Waals surface area contributed by atoms with E-state index in [0.717, 1.165) is 44.5 Å². The fourth-order valence-electron chi connectivity index (χ4n) is 5.16. The highest BCUT2D eigenvalue weighted by molar-refractivity contribution is 14.1. The molecule has 36 heavy (non-hydrogen) atoms. The molecule has 0 spiro atoms. The van der Waals surface area contributed by atoms with E-state index < -0.39 is 5.54 Å². The summed E-state index contributed by atoms with van der Waals surface area (Å²) in [5.41, 5.74) is 6.87. The van der Waals surface area contributed by atoms with Crippen LogP contribution in [0, 0.1) is 10.5 Å². The molecule has 0 aliphatic rings. The Morgan fingerprint density at radius 2 is 1.22 bits per heavy atom. The number of fused-ring (bicyclic) bond motifs is 1. The summed E-state index contributed by atoms with van der Waals surface area (Å²) >= 11 is 2.39. The normalized spacial score (nSPS) is 11.6. The third-order valence-electron chi connectivity index (χ3n) is 6.70.